The third-order valence-electron chi connectivity index (χ3n) is 8.80. The molecule has 2 heterocycles. The fourth-order valence-corrected chi connectivity index (χ4v) is 7.14. The van der Waals surface area contributed by atoms with Crippen molar-refractivity contribution in [3.63, 3.8) is 0 Å². The molecule has 5 nitrogen and oxygen atoms in total. The van der Waals surface area contributed by atoms with Gasteiger partial charge in [0.25, 0.3) is 0 Å². The smallest absolute Gasteiger partial charge is 0.219 e. The molecular formula is C42H31Br2N3O2. The van der Waals surface area contributed by atoms with Crippen LogP contribution in [-0.4, -0.2) is 11.8 Å². The Labute approximate surface area is 302 Å². The van der Waals surface area contributed by atoms with Crippen molar-refractivity contribution in [1.82, 2.24) is 0 Å². The molecule has 0 spiro atoms. The first-order chi connectivity index (χ1) is 24.1. The Morgan fingerprint density at radius 2 is 0.776 bits per heavy atom. The Morgan fingerprint density at radius 1 is 0.429 bits per heavy atom. The van der Waals surface area contributed by atoms with E-state index in [-0.39, 0.29) is 24.3 Å². The summed E-state index contributed by atoms with van der Waals surface area (Å²) in [5, 5.41) is 3.70. The summed E-state index contributed by atoms with van der Waals surface area (Å²) in [4.78, 5) is 10.4. The van der Waals surface area contributed by atoms with Gasteiger partial charge in [-0.3, -0.25) is 0 Å². The zero-order valence-electron chi connectivity index (χ0n) is 26.3. The Kier molecular flexibility index (Phi) is 8.86. The SMILES string of the molecule is Brc1ccc(Nc2ccc(Br)cc2C2=N[C@@H](c3ccccc3)[C@H](c3ccccc3)O2)c(C2=N[C@@H](c3ccccc3)[C@H](c3ccccc3)O2)c1. The molecule has 0 saturated heterocycles. The maximum Gasteiger partial charge on any atom is 0.219 e. The lowest BCUT2D eigenvalue weighted by atomic mass is 9.97. The predicted octanol–water partition coefficient (Wildman–Crippen LogP) is 11.5. The average molecular weight is 770 g/mol. The van der Waals surface area contributed by atoms with Gasteiger partial charge in [0.1, 0.15) is 12.1 Å². The van der Waals surface area contributed by atoms with Crippen molar-refractivity contribution in [2.75, 3.05) is 5.32 Å². The van der Waals surface area contributed by atoms with Crippen LogP contribution in [-0.2, 0) is 9.47 Å². The fourth-order valence-electron chi connectivity index (χ4n) is 6.42. The second-order valence-corrected chi connectivity index (χ2v) is 13.8. The largest absolute Gasteiger partial charge is 0.467 e. The number of anilines is 2. The predicted molar refractivity (Wildman–Crippen MR) is 204 cm³/mol. The molecule has 2 aliphatic heterocycles. The molecule has 49 heavy (non-hydrogen) atoms. The Balaban J connectivity index is 1.17. The van der Waals surface area contributed by atoms with Crippen LogP contribution in [0.4, 0.5) is 11.4 Å². The topological polar surface area (TPSA) is 55.2 Å². The minimum Gasteiger partial charge on any atom is -0.467 e. The van der Waals surface area contributed by atoms with Crippen LogP contribution in [0.1, 0.15) is 57.7 Å². The zero-order chi connectivity index (χ0) is 33.2. The second kappa shape index (κ2) is 13.9. The van der Waals surface area contributed by atoms with Crippen LogP contribution in [0.3, 0.4) is 0 Å². The van der Waals surface area contributed by atoms with Crippen molar-refractivity contribution < 1.29 is 9.47 Å². The van der Waals surface area contributed by atoms with E-state index in [9.17, 15) is 0 Å². The molecule has 0 saturated carbocycles. The molecule has 6 aromatic rings. The van der Waals surface area contributed by atoms with E-state index in [1.807, 2.05) is 97.1 Å². The summed E-state index contributed by atoms with van der Waals surface area (Å²) in [5.74, 6) is 1.15. The molecule has 0 amide bonds. The third-order valence-corrected chi connectivity index (χ3v) is 9.78. The molecule has 0 radical (unpaired) electrons. The lowest BCUT2D eigenvalue weighted by molar-refractivity contribution is 0.197. The van der Waals surface area contributed by atoms with E-state index < -0.39 is 0 Å². The summed E-state index contributed by atoms with van der Waals surface area (Å²) >= 11 is 7.40. The van der Waals surface area contributed by atoms with E-state index in [0.717, 1.165) is 53.7 Å². The number of rotatable bonds is 8. The molecule has 7 heteroatoms. The van der Waals surface area contributed by atoms with Gasteiger partial charge < -0.3 is 14.8 Å². The maximum atomic E-state index is 6.74. The van der Waals surface area contributed by atoms with Crippen LogP contribution >= 0.6 is 31.9 Å². The number of aliphatic imine (C=N–C) groups is 2. The minimum absolute atomic E-state index is 0.195. The van der Waals surface area contributed by atoms with Gasteiger partial charge >= 0.3 is 0 Å². The van der Waals surface area contributed by atoms with Gasteiger partial charge in [0.2, 0.25) is 11.8 Å². The summed E-state index contributed by atoms with van der Waals surface area (Å²) in [6, 6.07) is 53.1. The van der Waals surface area contributed by atoms with Crippen molar-refractivity contribution in [3.05, 3.63) is 200 Å². The first-order valence-corrected chi connectivity index (χ1v) is 17.7. The molecule has 0 aromatic heterocycles. The Morgan fingerprint density at radius 3 is 1.14 bits per heavy atom. The Bertz CT molecular complexity index is 1990. The summed E-state index contributed by atoms with van der Waals surface area (Å²) in [7, 11) is 0. The molecule has 0 aliphatic carbocycles. The molecule has 240 valence electrons. The second-order valence-electron chi connectivity index (χ2n) is 12.0. The molecule has 4 atom stereocenters. The van der Waals surface area contributed by atoms with Gasteiger partial charge in [0.15, 0.2) is 12.2 Å². The maximum absolute atomic E-state index is 6.74. The molecule has 0 unspecified atom stereocenters. The zero-order valence-corrected chi connectivity index (χ0v) is 29.5. The van der Waals surface area contributed by atoms with Gasteiger partial charge in [-0.25, -0.2) is 9.98 Å². The van der Waals surface area contributed by atoms with Gasteiger partial charge in [-0.15, -0.1) is 0 Å². The highest BCUT2D eigenvalue weighted by atomic mass is 79.9. The normalized spacial score (nSPS) is 19.8. The lowest BCUT2D eigenvalue weighted by Gasteiger charge is -2.20. The molecule has 2 aliphatic rings. The molecule has 8 rings (SSSR count). The van der Waals surface area contributed by atoms with Crippen LogP contribution in [0, 0.1) is 0 Å². The van der Waals surface area contributed by atoms with E-state index in [1.54, 1.807) is 0 Å². The minimum atomic E-state index is -0.264. The summed E-state index contributed by atoms with van der Waals surface area (Å²) in [6.45, 7) is 0. The van der Waals surface area contributed by atoms with Crippen LogP contribution < -0.4 is 5.32 Å². The molecule has 6 aromatic carbocycles. The van der Waals surface area contributed by atoms with Gasteiger partial charge in [-0.2, -0.15) is 0 Å². The highest BCUT2D eigenvalue weighted by Crippen LogP contribution is 2.44. The van der Waals surface area contributed by atoms with Crippen LogP contribution in [0.2, 0.25) is 0 Å². The number of hydrogen-bond donors (Lipinski definition) is 1. The number of halogens is 2. The highest BCUT2D eigenvalue weighted by Gasteiger charge is 2.36. The van der Waals surface area contributed by atoms with E-state index in [1.165, 1.54) is 0 Å². The number of benzene rings is 6. The highest BCUT2D eigenvalue weighted by molar-refractivity contribution is 9.10. The standard InChI is InChI=1S/C42H31Br2N3O2/c43-31-21-23-35(33(25-31)41-46-37(27-13-5-1-6-14-27)39(48-41)29-17-9-3-10-18-29)45-36-24-22-32(44)26-34(36)42-47-38(28-15-7-2-8-16-28)40(49-42)30-19-11-4-12-20-30/h1-26,37-40,45H/t37-,38-,39-,40-/m0/s1. The number of ether oxygens (including phenoxy) is 2. The van der Waals surface area contributed by atoms with E-state index in [4.69, 9.17) is 19.5 Å². The monoisotopic (exact) mass is 767 g/mol. The summed E-state index contributed by atoms with van der Waals surface area (Å²) in [6.07, 6.45) is -0.528. The van der Waals surface area contributed by atoms with Crippen LogP contribution in [0.25, 0.3) is 0 Å². The van der Waals surface area contributed by atoms with Gasteiger partial charge in [0, 0.05) is 8.95 Å². The molecule has 1 N–H and O–H groups in total. The van der Waals surface area contributed by atoms with Crippen molar-refractivity contribution in [3.8, 4) is 0 Å². The number of nitrogens with zero attached hydrogens (tertiary/aromatic N) is 2. The first kappa shape index (κ1) is 31.3. The fraction of sp³-hybridized carbons (Fsp3) is 0.0952. The van der Waals surface area contributed by atoms with Crippen LogP contribution in [0.5, 0.6) is 0 Å². The van der Waals surface area contributed by atoms with Gasteiger partial charge in [0.05, 0.1) is 22.5 Å². The van der Waals surface area contributed by atoms with E-state index in [0.29, 0.717) is 11.8 Å². The Hall–Kier alpha value is -4.98. The summed E-state index contributed by atoms with van der Waals surface area (Å²) < 4.78 is 15.3. The van der Waals surface area contributed by atoms with Crippen molar-refractivity contribution in [2.45, 2.75) is 24.3 Å². The van der Waals surface area contributed by atoms with E-state index >= 15 is 0 Å². The van der Waals surface area contributed by atoms with E-state index in [2.05, 4.69) is 97.8 Å². The van der Waals surface area contributed by atoms with Crippen molar-refractivity contribution >= 4 is 55.0 Å². The van der Waals surface area contributed by atoms with Crippen molar-refractivity contribution in [2.24, 2.45) is 9.98 Å². The average Bonchev–Trinajstić information content (AvgIpc) is 3.81. The van der Waals surface area contributed by atoms with Gasteiger partial charge in [-0.05, 0) is 58.7 Å². The molecule has 0 bridgehead atoms. The first-order valence-electron chi connectivity index (χ1n) is 16.2. The molecular weight excluding hydrogens is 738 g/mol. The third kappa shape index (κ3) is 6.56. The number of nitrogens with one attached hydrogen (secondary N) is 1. The molecule has 0 fully saturated rings. The van der Waals surface area contributed by atoms with Crippen molar-refractivity contribution in [1.29, 1.82) is 0 Å². The summed E-state index contributed by atoms with van der Waals surface area (Å²) in [5.41, 5.74) is 7.75. The quantitative estimate of drug-likeness (QED) is 0.168. The number of hydrogen-bond acceptors (Lipinski definition) is 5. The lowest BCUT2D eigenvalue weighted by Crippen LogP contribution is -2.12. The van der Waals surface area contributed by atoms with Gasteiger partial charge in [-0.1, -0.05) is 153 Å². The van der Waals surface area contributed by atoms with Crippen LogP contribution in [0.15, 0.2) is 177 Å².